The molecule has 1 aromatic carbocycles. The van der Waals surface area contributed by atoms with Crippen LogP contribution < -0.4 is 5.73 Å². The van der Waals surface area contributed by atoms with Gasteiger partial charge in [-0.1, -0.05) is 23.7 Å². The zero-order valence-electron chi connectivity index (χ0n) is 13.5. The highest BCUT2D eigenvalue weighted by atomic mass is 35.5. The van der Waals surface area contributed by atoms with Gasteiger partial charge in [-0.15, -0.1) is 12.4 Å². The quantitative estimate of drug-likeness (QED) is 0.692. The van der Waals surface area contributed by atoms with E-state index in [4.69, 9.17) is 21.8 Å². The fourth-order valence-corrected chi connectivity index (χ4v) is 2.52. The number of hydrogen-bond acceptors (Lipinski definition) is 4. The number of halogens is 2. The van der Waals surface area contributed by atoms with Crippen LogP contribution in [0.5, 0.6) is 0 Å². The second-order valence-corrected chi connectivity index (χ2v) is 5.76. The third-order valence-electron chi connectivity index (χ3n) is 3.59. The first-order chi connectivity index (χ1) is 11.5. The molecule has 2 N–H and O–H groups in total. The number of rotatable bonds is 4. The summed E-state index contributed by atoms with van der Waals surface area (Å²) in [6.45, 7) is 0.288. The van der Waals surface area contributed by atoms with Crippen LogP contribution in [0.4, 0.5) is 5.82 Å². The number of nitrogens with two attached hydrogens (primary N) is 1. The lowest BCUT2D eigenvalue weighted by molar-refractivity contribution is -0.125. The zero-order chi connectivity index (χ0) is 17.1. The number of para-hydroxylation sites is 1. The van der Waals surface area contributed by atoms with Crippen LogP contribution in [0.15, 0.2) is 53.1 Å². The molecule has 1 amide bonds. The third-order valence-corrected chi connectivity index (χ3v) is 4.00. The number of amides is 1. The van der Waals surface area contributed by atoms with Crippen molar-refractivity contribution in [1.82, 2.24) is 9.88 Å². The van der Waals surface area contributed by atoms with Crippen molar-refractivity contribution in [2.45, 2.75) is 6.54 Å². The number of hydrogen-bond donors (Lipinski definition) is 1. The van der Waals surface area contributed by atoms with Crippen LogP contribution in [0, 0.1) is 0 Å². The Hall–Kier alpha value is -2.50. The Bertz CT molecular complexity index is 904. The molecule has 0 saturated heterocycles. The number of anilines is 1. The molecule has 0 atom stereocenters. The molecular formula is C18H17Cl2N3O2. The molecule has 0 aliphatic heterocycles. The number of benzene rings is 1. The Balaban J connectivity index is 0.00000225. The van der Waals surface area contributed by atoms with Gasteiger partial charge in [-0.3, -0.25) is 4.79 Å². The molecule has 5 nitrogen and oxygen atoms in total. The summed E-state index contributed by atoms with van der Waals surface area (Å²) in [4.78, 5) is 17.7. The van der Waals surface area contributed by atoms with Gasteiger partial charge in [0.2, 0.25) is 5.91 Å². The van der Waals surface area contributed by atoms with E-state index in [0.29, 0.717) is 22.2 Å². The number of carbonyl (C=O) groups excluding carboxylic acids is 1. The van der Waals surface area contributed by atoms with Crippen LogP contribution in [0.2, 0.25) is 5.02 Å². The van der Waals surface area contributed by atoms with Crippen LogP contribution in [0.25, 0.3) is 17.0 Å². The van der Waals surface area contributed by atoms with Crippen LogP contribution in [-0.4, -0.2) is 22.8 Å². The fourth-order valence-electron chi connectivity index (χ4n) is 2.27. The number of nitrogen functional groups attached to an aromatic ring is 1. The molecular weight excluding hydrogens is 361 g/mol. The van der Waals surface area contributed by atoms with Crippen molar-refractivity contribution in [2.24, 2.45) is 0 Å². The zero-order valence-corrected chi connectivity index (χ0v) is 15.1. The Labute approximate surface area is 156 Å². The topological polar surface area (TPSA) is 72.4 Å². The molecule has 0 radical (unpaired) electrons. The molecule has 7 heteroatoms. The maximum absolute atomic E-state index is 12.2. The minimum Gasteiger partial charge on any atom is -0.458 e. The van der Waals surface area contributed by atoms with Gasteiger partial charge >= 0.3 is 0 Å². The molecule has 130 valence electrons. The summed E-state index contributed by atoms with van der Waals surface area (Å²) >= 11 is 6.32. The summed E-state index contributed by atoms with van der Waals surface area (Å²) < 4.78 is 5.72. The van der Waals surface area contributed by atoms with Gasteiger partial charge in [0.25, 0.3) is 0 Å². The first-order valence-corrected chi connectivity index (χ1v) is 7.73. The van der Waals surface area contributed by atoms with Gasteiger partial charge in [-0.05, 0) is 35.9 Å². The molecule has 2 heterocycles. The molecule has 0 unspecified atom stereocenters. The molecule has 0 aliphatic carbocycles. The van der Waals surface area contributed by atoms with E-state index < -0.39 is 0 Å². The molecule has 0 bridgehead atoms. The van der Waals surface area contributed by atoms with Crippen LogP contribution in [0.3, 0.4) is 0 Å². The fraction of sp³-hybridized carbons (Fsp3) is 0.111. The Morgan fingerprint density at radius 3 is 2.76 bits per heavy atom. The van der Waals surface area contributed by atoms with Crippen molar-refractivity contribution in [3.63, 3.8) is 0 Å². The number of pyridine rings is 1. The Morgan fingerprint density at radius 1 is 1.32 bits per heavy atom. The Morgan fingerprint density at radius 2 is 2.08 bits per heavy atom. The molecule has 3 rings (SSSR count). The number of furan rings is 1. The summed E-state index contributed by atoms with van der Waals surface area (Å²) in [6, 6.07) is 11.0. The monoisotopic (exact) mass is 377 g/mol. The van der Waals surface area contributed by atoms with Gasteiger partial charge in [0, 0.05) is 24.7 Å². The normalized spacial score (nSPS) is 10.8. The van der Waals surface area contributed by atoms with Gasteiger partial charge in [-0.2, -0.15) is 0 Å². The van der Waals surface area contributed by atoms with Gasteiger partial charge in [0.05, 0.1) is 11.6 Å². The van der Waals surface area contributed by atoms with E-state index in [0.717, 1.165) is 10.9 Å². The van der Waals surface area contributed by atoms with Crippen molar-refractivity contribution in [1.29, 1.82) is 0 Å². The second kappa shape index (κ2) is 8.05. The molecule has 3 aromatic rings. The van der Waals surface area contributed by atoms with Gasteiger partial charge in [-0.25, -0.2) is 4.98 Å². The number of carbonyl (C=O) groups is 1. The maximum Gasteiger partial charge on any atom is 0.246 e. The minimum atomic E-state index is -0.164. The maximum atomic E-state index is 12.2. The summed E-state index contributed by atoms with van der Waals surface area (Å²) in [5, 5.41) is 1.38. The average molecular weight is 378 g/mol. The number of fused-ring (bicyclic) bond motifs is 1. The molecule has 0 aliphatic rings. The number of nitrogens with zero attached hydrogens (tertiary/aromatic N) is 2. The highest BCUT2D eigenvalue weighted by molar-refractivity contribution is 6.36. The Kier molecular flexibility index (Phi) is 6.07. The van der Waals surface area contributed by atoms with E-state index in [1.54, 1.807) is 31.5 Å². The van der Waals surface area contributed by atoms with Crippen LogP contribution >= 0.6 is 24.0 Å². The summed E-state index contributed by atoms with van der Waals surface area (Å²) in [5.41, 5.74) is 7.04. The SMILES string of the molecule is CN(Cc1oc2ccccc2c1Cl)C(=O)/C=C/c1ccc(N)nc1.Cl. The van der Waals surface area contributed by atoms with E-state index in [-0.39, 0.29) is 24.9 Å². The van der Waals surface area contributed by atoms with Gasteiger partial charge < -0.3 is 15.1 Å². The first kappa shape index (κ1) is 18.8. The summed E-state index contributed by atoms with van der Waals surface area (Å²) in [7, 11) is 1.69. The molecule has 2 aromatic heterocycles. The van der Waals surface area contributed by atoms with Crippen LogP contribution in [0.1, 0.15) is 11.3 Å². The lowest BCUT2D eigenvalue weighted by Gasteiger charge is -2.13. The highest BCUT2D eigenvalue weighted by Crippen LogP contribution is 2.30. The molecule has 0 saturated carbocycles. The second-order valence-electron chi connectivity index (χ2n) is 5.38. The number of likely N-dealkylation sites (N-methyl/N-ethyl adjacent to an activating group) is 1. The molecule has 0 spiro atoms. The van der Waals surface area contributed by atoms with Crippen molar-refractivity contribution in [2.75, 3.05) is 12.8 Å². The highest BCUT2D eigenvalue weighted by Gasteiger charge is 2.15. The van der Waals surface area contributed by atoms with E-state index >= 15 is 0 Å². The van der Waals surface area contributed by atoms with Gasteiger partial charge in [0.15, 0.2) is 0 Å². The van der Waals surface area contributed by atoms with Crippen molar-refractivity contribution in [3.8, 4) is 0 Å². The van der Waals surface area contributed by atoms with Crippen LogP contribution in [-0.2, 0) is 11.3 Å². The van der Waals surface area contributed by atoms with E-state index in [9.17, 15) is 4.79 Å². The summed E-state index contributed by atoms with van der Waals surface area (Å²) in [6.07, 6.45) is 4.77. The standard InChI is InChI=1S/C18H16ClN3O2.ClH/c1-22(17(23)9-7-12-6-8-16(20)21-10-12)11-15-18(19)13-4-2-3-5-14(13)24-15;/h2-10H,11H2,1H3,(H2,20,21);1H/b9-7+;. The van der Waals surface area contributed by atoms with E-state index in [1.807, 2.05) is 24.3 Å². The lowest BCUT2D eigenvalue weighted by Crippen LogP contribution is -2.23. The lowest BCUT2D eigenvalue weighted by atomic mass is 10.2. The third kappa shape index (κ3) is 4.32. The minimum absolute atomic E-state index is 0. The smallest absolute Gasteiger partial charge is 0.246 e. The van der Waals surface area contributed by atoms with Crippen molar-refractivity contribution < 1.29 is 9.21 Å². The predicted octanol–water partition coefficient (Wildman–Crippen LogP) is 4.16. The average Bonchev–Trinajstić information content (AvgIpc) is 2.90. The molecule has 0 fully saturated rings. The summed E-state index contributed by atoms with van der Waals surface area (Å²) in [5.74, 6) is 0.842. The van der Waals surface area contributed by atoms with Crippen molar-refractivity contribution in [3.05, 3.63) is 65.0 Å². The van der Waals surface area contributed by atoms with Gasteiger partial charge in [0.1, 0.15) is 17.2 Å². The van der Waals surface area contributed by atoms with Crippen molar-refractivity contribution >= 4 is 52.8 Å². The number of aromatic nitrogens is 1. The predicted molar refractivity (Wildman–Crippen MR) is 103 cm³/mol. The molecule has 25 heavy (non-hydrogen) atoms. The van der Waals surface area contributed by atoms with E-state index in [1.165, 1.54) is 11.0 Å². The van der Waals surface area contributed by atoms with E-state index in [2.05, 4.69) is 4.98 Å². The first-order valence-electron chi connectivity index (χ1n) is 7.35. The largest absolute Gasteiger partial charge is 0.458 e.